The van der Waals surface area contributed by atoms with Gasteiger partial charge in [0, 0.05) is 6.42 Å². The summed E-state index contributed by atoms with van der Waals surface area (Å²) in [4.78, 5) is 0. The van der Waals surface area contributed by atoms with Crippen LogP contribution in [0.25, 0.3) is 0 Å². The van der Waals surface area contributed by atoms with Gasteiger partial charge in [0.1, 0.15) is 0 Å². The number of hydrogen-bond donors (Lipinski definition) is 2. The molecule has 1 aliphatic rings. The fraction of sp³-hybridized carbons (Fsp3) is 0.538. The van der Waals surface area contributed by atoms with Crippen molar-refractivity contribution in [3.63, 3.8) is 0 Å². The predicted octanol–water partition coefficient (Wildman–Crippen LogP) is 1.49. The molecule has 1 aromatic carbocycles. The lowest BCUT2D eigenvalue weighted by atomic mass is 9.86. The van der Waals surface area contributed by atoms with Crippen molar-refractivity contribution in [3.05, 3.63) is 29.6 Å². The lowest BCUT2D eigenvalue weighted by molar-refractivity contribution is 0.0101. The summed E-state index contributed by atoms with van der Waals surface area (Å²) in [5, 5.41) is 13.5. The van der Waals surface area contributed by atoms with Gasteiger partial charge in [-0.25, -0.2) is 4.39 Å². The lowest BCUT2D eigenvalue weighted by Crippen LogP contribution is -2.43. The first kappa shape index (κ1) is 12.3. The van der Waals surface area contributed by atoms with Gasteiger partial charge < -0.3 is 15.2 Å². The van der Waals surface area contributed by atoms with Crippen LogP contribution in [-0.4, -0.2) is 30.9 Å². The first-order valence-electron chi connectivity index (χ1n) is 5.89. The van der Waals surface area contributed by atoms with Crippen LogP contribution in [0.3, 0.4) is 0 Å². The monoisotopic (exact) mass is 239 g/mol. The number of hydrogen-bond acceptors (Lipinski definition) is 3. The Morgan fingerprint density at radius 2 is 2.12 bits per heavy atom. The van der Waals surface area contributed by atoms with Gasteiger partial charge in [-0.2, -0.15) is 0 Å². The molecule has 0 atom stereocenters. The molecule has 2 rings (SSSR count). The molecular formula is C13H18FNO2. The third-order valence-electron chi connectivity index (χ3n) is 3.32. The molecule has 1 heterocycles. The van der Waals surface area contributed by atoms with Gasteiger partial charge in [-0.1, -0.05) is 12.1 Å². The van der Waals surface area contributed by atoms with E-state index in [0.717, 1.165) is 13.1 Å². The molecule has 0 bridgehead atoms. The summed E-state index contributed by atoms with van der Waals surface area (Å²) in [5.74, 6) is -0.123. The topological polar surface area (TPSA) is 41.5 Å². The van der Waals surface area contributed by atoms with E-state index in [9.17, 15) is 9.50 Å². The molecular weight excluding hydrogens is 221 g/mol. The molecule has 4 heteroatoms. The van der Waals surface area contributed by atoms with Crippen molar-refractivity contribution < 1.29 is 14.2 Å². The van der Waals surface area contributed by atoms with Crippen LogP contribution in [0.1, 0.15) is 18.4 Å². The van der Waals surface area contributed by atoms with Crippen molar-refractivity contribution in [3.8, 4) is 5.75 Å². The number of rotatable bonds is 3. The largest absolute Gasteiger partial charge is 0.494 e. The number of aliphatic hydroxyl groups is 1. The van der Waals surface area contributed by atoms with E-state index in [1.807, 2.05) is 0 Å². The number of benzene rings is 1. The van der Waals surface area contributed by atoms with Crippen LogP contribution >= 0.6 is 0 Å². The van der Waals surface area contributed by atoms with Crippen LogP contribution in [0.5, 0.6) is 5.75 Å². The molecule has 1 aliphatic heterocycles. The first-order valence-corrected chi connectivity index (χ1v) is 5.89. The van der Waals surface area contributed by atoms with Gasteiger partial charge >= 0.3 is 0 Å². The van der Waals surface area contributed by atoms with Gasteiger partial charge in [-0.3, -0.25) is 0 Å². The zero-order chi connectivity index (χ0) is 12.3. The smallest absolute Gasteiger partial charge is 0.168 e. The predicted molar refractivity (Wildman–Crippen MR) is 63.7 cm³/mol. The Morgan fingerprint density at radius 3 is 2.76 bits per heavy atom. The van der Waals surface area contributed by atoms with Crippen LogP contribution < -0.4 is 10.1 Å². The van der Waals surface area contributed by atoms with Gasteiger partial charge in [0.25, 0.3) is 0 Å². The van der Waals surface area contributed by atoms with Crippen LogP contribution in [0.15, 0.2) is 18.2 Å². The third kappa shape index (κ3) is 2.76. The second kappa shape index (κ2) is 5.02. The maximum absolute atomic E-state index is 13.9. The highest BCUT2D eigenvalue weighted by molar-refractivity contribution is 5.32. The Hall–Kier alpha value is -1.13. The second-order valence-electron chi connectivity index (χ2n) is 4.58. The molecule has 0 spiro atoms. The molecule has 2 N–H and O–H groups in total. The van der Waals surface area contributed by atoms with Crippen molar-refractivity contribution in [2.24, 2.45) is 0 Å². The van der Waals surface area contributed by atoms with Crippen molar-refractivity contribution >= 4 is 0 Å². The SMILES string of the molecule is COc1cccc(CC2(O)CCNCC2)c1F. The van der Waals surface area contributed by atoms with E-state index in [2.05, 4.69) is 5.32 Å². The Kier molecular flexibility index (Phi) is 3.64. The average molecular weight is 239 g/mol. The quantitative estimate of drug-likeness (QED) is 0.839. The highest BCUT2D eigenvalue weighted by Crippen LogP contribution is 2.27. The van der Waals surface area contributed by atoms with Crippen LogP contribution in [0, 0.1) is 5.82 Å². The minimum absolute atomic E-state index is 0.236. The maximum atomic E-state index is 13.9. The van der Waals surface area contributed by atoms with Crippen molar-refractivity contribution in [2.45, 2.75) is 24.9 Å². The zero-order valence-corrected chi connectivity index (χ0v) is 10.0. The molecule has 0 radical (unpaired) electrons. The molecule has 1 fully saturated rings. The van der Waals surface area contributed by atoms with Crippen molar-refractivity contribution in [1.82, 2.24) is 5.32 Å². The van der Waals surface area contributed by atoms with E-state index in [4.69, 9.17) is 4.74 Å². The fourth-order valence-electron chi connectivity index (χ4n) is 2.27. The van der Waals surface area contributed by atoms with E-state index < -0.39 is 5.60 Å². The summed E-state index contributed by atoms with van der Waals surface area (Å²) >= 11 is 0. The molecule has 0 amide bonds. The minimum atomic E-state index is -0.793. The number of ether oxygens (including phenoxy) is 1. The van der Waals surface area contributed by atoms with Crippen LogP contribution in [0.2, 0.25) is 0 Å². The lowest BCUT2D eigenvalue weighted by Gasteiger charge is -2.32. The first-order chi connectivity index (χ1) is 8.14. The number of methoxy groups -OCH3 is 1. The summed E-state index contributed by atoms with van der Waals surface area (Å²) in [6.45, 7) is 1.56. The summed E-state index contributed by atoms with van der Waals surface area (Å²) in [5.41, 5.74) is -0.271. The van der Waals surface area contributed by atoms with Gasteiger partial charge in [0.05, 0.1) is 12.7 Å². The highest BCUT2D eigenvalue weighted by atomic mass is 19.1. The van der Waals surface area contributed by atoms with Crippen LogP contribution in [-0.2, 0) is 6.42 Å². The van der Waals surface area contributed by atoms with Gasteiger partial charge in [-0.05, 0) is 37.6 Å². The van der Waals surface area contributed by atoms with E-state index in [0.29, 0.717) is 24.8 Å². The van der Waals surface area contributed by atoms with Crippen molar-refractivity contribution in [1.29, 1.82) is 0 Å². The standard InChI is InChI=1S/C13H18FNO2/c1-17-11-4-2-3-10(12(11)14)9-13(16)5-7-15-8-6-13/h2-4,15-16H,5-9H2,1H3. The second-order valence-corrected chi connectivity index (χ2v) is 4.58. The molecule has 0 saturated carbocycles. The highest BCUT2D eigenvalue weighted by Gasteiger charge is 2.30. The Labute approximate surface area is 101 Å². The Balaban J connectivity index is 2.17. The molecule has 94 valence electrons. The van der Waals surface area contributed by atoms with Crippen molar-refractivity contribution in [2.75, 3.05) is 20.2 Å². The summed E-state index contributed by atoms with van der Waals surface area (Å²) < 4.78 is 18.9. The minimum Gasteiger partial charge on any atom is -0.494 e. The number of nitrogens with one attached hydrogen (secondary N) is 1. The molecule has 0 aromatic heterocycles. The summed E-state index contributed by atoms with van der Waals surface area (Å²) in [6.07, 6.45) is 1.66. The normalized spacial score (nSPS) is 19.0. The van der Waals surface area contributed by atoms with E-state index in [1.165, 1.54) is 7.11 Å². The van der Waals surface area contributed by atoms with Crippen LogP contribution in [0.4, 0.5) is 4.39 Å². The summed E-state index contributed by atoms with van der Waals surface area (Å²) in [7, 11) is 1.45. The van der Waals surface area contributed by atoms with Gasteiger partial charge in [0.15, 0.2) is 11.6 Å². The number of halogens is 1. The maximum Gasteiger partial charge on any atom is 0.168 e. The average Bonchev–Trinajstić information content (AvgIpc) is 2.32. The Bertz CT molecular complexity index is 389. The molecule has 0 unspecified atom stereocenters. The van der Waals surface area contributed by atoms with E-state index in [-0.39, 0.29) is 11.6 Å². The Morgan fingerprint density at radius 1 is 1.41 bits per heavy atom. The van der Waals surface area contributed by atoms with E-state index in [1.54, 1.807) is 18.2 Å². The summed E-state index contributed by atoms with van der Waals surface area (Å²) in [6, 6.07) is 5.05. The number of piperidine rings is 1. The molecule has 0 aliphatic carbocycles. The third-order valence-corrected chi connectivity index (χ3v) is 3.32. The van der Waals surface area contributed by atoms with E-state index >= 15 is 0 Å². The fourth-order valence-corrected chi connectivity index (χ4v) is 2.27. The van der Waals surface area contributed by atoms with Gasteiger partial charge in [-0.15, -0.1) is 0 Å². The molecule has 1 aromatic rings. The zero-order valence-electron chi connectivity index (χ0n) is 10.0. The van der Waals surface area contributed by atoms with Gasteiger partial charge in [0.2, 0.25) is 0 Å². The molecule has 3 nitrogen and oxygen atoms in total. The molecule has 17 heavy (non-hydrogen) atoms. The molecule has 1 saturated heterocycles.